The Bertz CT molecular complexity index is 1050. The second kappa shape index (κ2) is 10.5. The van der Waals surface area contributed by atoms with E-state index in [2.05, 4.69) is 25.2 Å². The number of likely N-dealkylation sites (tertiary alicyclic amines) is 1. The Balaban J connectivity index is 1.28. The van der Waals surface area contributed by atoms with Crippen molar-refractivity contribution in [1.29, 1.82) is 0 Å². The highest BCUT2D eigenvalue weighted by molar-refractivity contribution is 7.89. The van der Waals surface area contributed by atoms with Gasteiger partial charge in [0.15, 0.2) is 0 Å². The number of carbonyl (C=O) groups excluding carboxylic acids is 1. The van der Waals surface area contributed by atoms with Crippen molar-refractivity contribution in [1.82, 2.24) is 19.9 Å². The summed E-state index contributed by atoms with van der Waals surface area (Å²) in [5.41, 5.74) is 1.60. The maximum Gasteiger partial charge on any atom is 0.319 e. The minimum absolute atomic E-state index is 0.00683. The van der Waals surface area contributed by atoms with Crippen molar-refractivity contribution in [3.63, 3.8) is 0 Å². The number of benzene rings is 1. The van der Waals surface area contributed by atoms with Gasteiger partial charge >= 0.3 is 6.03 Å². The van der Waals surface area contributed by atoms with E-state index in [1.54, 1.807) is 6.07 Å². The Labute approximate surface area is 195 Å². The largest absolute Gasteiger partial charge is 0.495 e. The highest BCUT2D eigenvalue weighted by Gasteiger charge is 2.28. The molecule has 9 nitrogen and oxygen atoms in total. The van der Waals surface area contributed by atoms with E-state index in [9.17, 15) is 13.2 Å². The van der Waals surface area contributed by atoms with Crippen LogP contribution in [0.15, 0.2) is 47.6 Å². The summed E-state index contributed by atoms with van der Waals surface area (Å²) >= 11 is 0. The number of aromatic nitrogens is 1. The number of carbonyl (C=O) groups is 1. The van der Waals surface area contributed by atoms with Crippen LogP contribution in [0, 0.1) is 0 Å². The fourth-order valence-electron chi connectivity index (χ4n) is 3.92. The third-order valence-electron chi connectivity index (χ3n) is 6.02. The zero-order valence-electron chi connectivity index (χ0n) is 18.8. The number of pyridine rings is 1. The summed E-state index contributed by atoms with van der Waals surface area (Å²) in [6.07, 6.45) is 8.04. The molecule has 0 unspecified atom stereocenters. The van der Waals surface area contributed by atoms with Gasteiger partial charge in [-0.2, -0.15) is 0 Å². The van der Waals surface area contributed by atoms with Gasteiger partial charge in [0.25, 0.3) is 0 Å². The molecule has 33 heavy (non-hydrogen) atoms. The van der Waals surface area contributed by atoms with Crippen LogP contribution in [0.25, 0.3) is 0 Å². The van der Waals surface area contributed by atoms with Gasteiger partial charge in [-0.05, 0) is 68.0 Å². The molecule has 1 aliphatic carbocycles. The molecule has 1 aromatic heterocycles. The molecule has 0 atom stereocenters. The van der Waals surface area contributed by atoms with Gasteiger partial charge in [0, 0.05) is 44.1 Å². The molecule has 1 aliphatic heterocycles. The first-order valence-corrected chi connectivity index (χ1v) is 12.8. The Hall–Kier alpha value is -2.69. The Morgan fingerprint density at radius 1 is 1.09 bits per heavy atom. The van der Waals surface area contributed by atoms with E-state index >= 15 is 0 Å². The summed E-state index contributed by atoms with van der Waals surface area (Å²) in [4.78, 5) is 19.2. The number of urea groups is 1. The summed E-state index contributed by atoms with van der Waals surface area (Å²) < 4.78 is 33.0. The topological polar surface area (TPSA) is 113 Å². The summed E-state index contributed by atoms with van der Waals surface area (Å²) in [5.74, 6) is 0.404. The van der Waals surface area contributed by atoms with Crippen LogP contribution in [0.1, 0.15) is 31.2 Å². The molecule has 0 radical (unpaired) electrons. The third-order valence-corrected chi connectivity index (χ3v) is 7.54. The number of hydrogen-bond acceptors (Lipinski definition) is 6. The molecule has 178 valence electrons. The van der Waals surface area contributed by atoms with E-state index < -0.39 is 10.0 Å². The third kappa shape index (κ3) is 6.66. The van der Waals surface area contributed by atoms with Crippen molar-refractivity contribution in [2.45, 2.75) is 49.1 Å². The molecule has 0 spiro atoms. The molecule has 0 bridgehead atoms. The van der Waals surface area contributed by atoms with Gasteiger partial charge in [-0.15, -0.1) is 0 Å². The molecule has 1 saturated heterocycles. The van der Waals surface area contributed by atoms with Crippen LogP contribution in [0.3, 0.4) is 0 Å². The molecule has 2 fully saturated rings. The van der Waals surface area contributed by atoms with E-state index in [0.717, 1.165) is 51.7 Å². The van der Waals surface area contributed by atoms with Gasteiger partial charge in [-0.1, -0.05) is 0 Å². The maximum atomic E-state index is 12.6. The quantitative estimate of drug-likeness (QED) is 0.515. The fraction of sp³-hybridized carbons (Fsp3) is 0.478. The van der Waals surface area contributed by atoms with Crippen LogP contribution in [0.5, 0.6) is 5.75 Å². The van der Waals surface area contributed by atoms with Crippen molar-refractivity contribution in [3.05, 3.63) is 48.3 Å². The number of sulfonamides is 1. The smallest absolute Gasteiger partial charge is 0.319 e. The molecular weight excluding hydrogens is 442 g/mol. The fourth-order valence-corrected chi connectivity index (χ4v) is 5.25. The van der Waals surface area contributed by atoms with Crippen molar-refractivity contribution in [3.8, 4) is 5.75 Å². The van der Waals surface area contributed by atoms with E-state index in [-0.39, 0.29) is 23.0 Å². The average Bonchev–Trinajstić information content (AvgIpc) is 3.62. The molecule has 1 aromatic carbocycles. The van der Waals surface area contributed by atoms with Crippen LogP contribution in [0.2, 0.25) is 0 Å². The molecule has 2 aliphatic rings. The minimum Gasteiger partial charge on any atom is -0.495 e. The lowest BCUT2D eigenvalue weighted by Crippen LogP contribution is -2.46. The van der Waals surface area contributed by atoms with Gasteiger partial charge in [0.2, 0.25) is 10.0 Å². The molecule has 2 heterocycles. The summed E-state index contributed by atoms with van der Waals surface area (Å²) in [5, 5.41) is 5.77. The molecule has 1 saturated carbocycles. The van der Waals surface area contributed by atoms with E-state index in [1.165, 1.54) is 24.8 Å². The summed E-state index contributed by atoms with van der Waals surface area (Å²) in [6.45, 7) is 2.82. The monoisotopic (exact) mass is 473 g/mol. The van der Waals surface area contributed by atoms with Gasteiger partial charge in [0.05, 0.1) is 17.7 Å². The van der Waals surface area contributed by atoms with Gasteiger partial charge in [0.1, 0.15) is 5.75 Å². The molecule has 3 N–H and O–H groups in total. The SMILES string of the molecule is COc1ccc(S(=O)(=O)NC2CC2)cc1NC(=O)NC1CCN(CCc2ccncc2)CC1. The van der Waals surface area contributed by atoms with Crippen molar-refractivity contribution in [2.24, 2.45) is 0 Å². The molecule has 4 rings (SSSR count). The molecule has 2 aromatic rings. The van der Waals surface area contributed by atoms with E-state index in [4.69, 9.17) is 4.74 Å². The van der Waals surface area contributed by atoms with Crippen LogP contribution in [-0.2, 0) is 16.4 Å². The first-order chi connectivity index (χ1) is 15.9. The van der Waals surface area contributed by atoms with Gasteiger partial charge < -0.3 is 20.3 Å². The lowest BCUT2D eigenvalue weighted by Gasteiger charge is -2.32. The normalized spacial score (nSPS) is 17.5. The number of piperidine rings is 1. The molecular formula is C23H31N5O4S. The zero-order valence-corrected chi connectivity index (χ0v) is 19.6. The predicted molar refractivity (Wildman–Crippen MR) is 126 cm³/mol. The Kier molecular flexibility index (Phi) is 7.46. The number of hydrogen-bond donors (Lipinski definition) is 3. The van der Waals surface area contributed by atoms with Crippen molar-refractivity contribution >= 4 is 21.7 Å². The lowest BCUT2D eigenvalue weighted by atomic mass is 10.0. The van der Waals surface area contributed by atoms with E-state index in [1.807, 2.05) is 24.5 Å². The van der Waals surface area contributed by atoms with Crippen LogP contribution in [-0.4, -0.2) is 63.2 Å². The van der Waals surface area contributed by atoms with Crippen molar-refractivity contribution < 1.29 is 17.9 Å². The van der Waals surface area contributed by atoms with Gasteiger partial charge in [-0.3, -0.25) is 4.98 Å². The molecule has 2 amide bonds. The lowest BCUT2D eigenvalue weighted by molar-refractivity contribution is 0.197. The second-order valence-corrected chi connectivity index (χ2v) is 10.3. The standard InChI is InChI=1S/C23H31N5O4S/c1-32-22-5-4-20(33(30,31)27-19-2-3-19)16-21(22)26-23(29)25-18-9-14-28(15-10-18)13-8-17-6-11-24-12-7-17/h4-7,11-12,16,18-19,27H,2-3,8-10,13-15H2,1H3,(H2,25,26,29). The summed E-state index contributed by atoms with van der Waals surface area (Å²) in [6, 6.07) is 8.25. The van der Waals surface area contributed by atoms with Crippen LogP contribution >= 0.6 is 0 Å². The number of methoxy groups -OCH3 is 1. The van der Waals surface area contributed by atoms with Gasteiger partial charge in [-0.25, -0.2) is 17.9 Å². The Morgan fingerprint density at radius 2 is 1.82 bits per heavy atom. The van der Waals surface area contributed by atoms with Crippen molar-refractivity contribution in [2.75, 3.05) is 32.1 Å². The maximum absolute atomic E-state index is 12.6. The average molecular weight is 474 g/mol. The van der Waals surface area contributed by atoms with Crippen LogP contribution in [0.4, 0.5) is 10.5 Å². The number of nitrogens with zero attached hydrogens (tertiary/aromatic N) is 2. The predicted octanol–water partition coefficient (Wildman–Crippen LogP) is 2.36. The zero-order chi connectivity index (χ0) is 23.3. The number of nitrogens with one attached hydrogen (secondary N) is 3. The summed E-state index contributed by atoms with van der Waals surface area (Å²) in [7, 11) is -2.14. The van der Waals surface area contributed by atoms with Crippen LogP contribution < -0.4 is 20.1 Å². The number of rotatable bonds is 9. The minimum atomic E-state index is -3.63. The number of ether oxygens (including phenoxy) is 1. The highest BCUT2D eigenvalue weighted by Crippen LogP contribution is 2.29. The first-order valence-electron chi connectivity index (χ1n) is 11.3. The highest BCUT2D eigenvalue weighted by atomic mass is 32.2. The number of amides is 2. The second-order valence-electron chi connectivity index (χ2n) is 8.58. The molecule has 10 heteroatoms. The number of anilines is 1. The Morgan fingerprint density at radius 3 is 2.48 bits per heavy atom. The van der Waals surface area contributed by atoms with E-state index in [0.29, 0.717) is 11.4 Å². The first kappa shape index (κ1) is 23.5.